The third kappa shape index (κ3) is 2.51. The average molecular weight is 295 g/mol. The van der Waals surface area contributed by atoms with E-state index in [2.05, 4.69) is 10.1 Å². The summed E-state index contributed by atoms with van der Waals surface area (Å²) in [6, 6.07) is 2.25. The van der Waals surface area contributed by atoms with E-state index >= 15 is 0 Å². The lowest BCUT2D eigenvalue weighted by Gasteiger charge is -2.32. The van der Waals surface area contributed by atoms with Crippen molar-refractivity contribution in [2.45, 2.75) is 25.3 Å². The molecule has 1 saturated carbocycles. The molecule has 0 aliphatic heterocycles. The number of amides is 1. The minimum absolute atomic E-state index is 0.259. The first-order valence-corrected chi connectivity index (χ1v) is 6.56. The zero-order valence-corrected chi connectivity index (χ0v) is 11.9. The fourth-order valence-corrected chi connectivity index (χ4v) is 2.78. The summed E-state index contributed by atoms with van der Waals surface area (Å²) in [7, 11) is 2.42. The molecule has 0 radical (unpaired) electrons. The summed E-state index contributed by atoms with van der Waals surface area (Å²) >= 11 is 0. The van der Waals surface area contributed by atoms with Crippen LogP contribution >= 0.6 is 0 Å². The Bertz CT molecular complexity index is 538. The lowest BCUT2D eigenvalue weighted by Crippen LogP contribution is -2.49. The number of nitrogens with one attached hydrogen (secondary N) is 1. The van der Waals surface area contributed by atoms with Crippen molar-refractivity contribution in [3.05, 3.63) is 24.2 Å². The van der Waals surface area contributed by atoms with Gasteiger partial charge in [0.25, 0.3) is 0 Å². The summed E-state index contributed by atoms with van der Waals surface area (Å²) in [5, 5.41) is 2.52. The first-order chi connectivity index (χ1) is 10.1. The van der Waals surface area contributed by atoms with Gasteiger partial charge in [0.2, 0.25) is 0 Å². The van der Waals surface area contributed by atoms with E-state index in [1.165, 1.54) is 20.5 Å². The van der Waals surface area contributed by atoms with Crippen molar-refractivity contribution in [2.24, 2.45) is 5.41 Å². The van der Waals surface area contributed by atoms with E-state index in [4.69, 9.17) is 9.15 Å². The normalized spacial score (nSPS) is 22.7. The zero-order chi connectivity index (χ0) is 15.5. The Morgan fingerprint density at radius 1 is 1.38 bits per heavy atom. The van der Waals surface area contributed by atoms with Gasteiger partial charge in [0, 0.05) is 6.42 Å². The van der Waals surface area contributed by atoms with Crippen LogP contribution in [0.3, 0.4) is 0 Å². The van der Waals surface area contributed by atoms with Crippen LogP contribution in [-0.2, 0) is 19.1 Å². The first kappa shape index (κ1) is 15.1. The van der Waals surface area contributed by atoms with Crippen molar-refractivity contribution in [2.75, 3.05) is 14.2 Å². The van der Waals surface area contributed by atoms with Crippen LogP contribution < -0.4 is 5.32 Å². The number of hydrogen-bond acceptors (Lipinski definition) is 6. The molecule has 0 unspecified atom stereocenters. The number of carbonyl (C=O) groups excluding carboxylic acids is 3. The van der Waals surface area contributed by atoms with E-state index in [9.17, 15) is 14.4 Å². The Morgan fingerprint density at radius 3 is 2.62 bits per heavy atom. The van der Waals surface area contributed by atoms with Crippen molar-refractivity contribution in [3.8, 4) is 0 Å². The van der Waals surface area contributed by atoms with Crippen LogP contribution in [-0.4, -0.2) is 32.1 Å². The molecule has 2 rings (SSSR count). The largest absolute Gasteiger partial charge is 0.468 e. The number of carbonyl (C=O) groups is 3. The van der Waals surface area contributed by atoms with E-state index in [-0.39, 0.29) is 18.6 Å². The Kier molecular flexibility index (Phi) is 4.30. The predicted molar refractivity (Wildman–Crippen MR) is 70.3 cm³/mol. The maximum Gasteiger partial charge on any atom is 0.407 e. The summed E-state index contributed by atoms with van der Waals surface area (Å²) < 4.78 is 14.7. The van der Waals surface area contributed by atoms with Crippen LogP contribution in [0.25, 0.3) is 0 Å². The smallest absolute Gasteiger partial charge is 0.407 e. The highest BCUT2D eigenvalue weighted by Gasteiger charge is 2.57. The van der Waals surface area contributed by atoms with Gasteiger partial charge in [-0.15, -0.1) is 0 Å². The summed E-state index contributed by atoms with van der Waals surface area (Å²) in [4.78, 5) is 36.2. The highest BCUT2D eigenvalue weighted by molar-refractivity contribution is 6.06. The Labute approximate surface area is 121 Å². The van der Waals surface area contributed by atoms with Crippen LogP contribution in [0, 0.1) is 5.41 Å². The topological polar surface area (TPSA) is 94.8 Å². The molecule has 1 aliphatic carbocycles. The SMILES string of the molecule is COC(=O)N[C@H](c1ccco1)[C@]1(C(=O)OC)CCCC1=O. The quantitative estimate of drug-likeness (QED) is 0.669. The molecule has 21 heavy (non-hydrogen) atoms. The molecular weight excluding hydrogens is 278 g/mol. The third-order valence-corrected chi connectivity index (χ3v) is 3.79. The highest BCUT2D eigenvalue weighted by atomic mass is 16.5. The molecule has 1 heterocycles. The van der Waals surface area contributed by atoms with E-state index in [1.807, 2.05) is 0 Å². The number of Topliss-reactive ketones (excluding diaryl/α,β-unsaturated/α-hetero) is 1. The minimum atomic E-state index is -1.47. The molecule has 1 amide bonds. The van der Waals surface area contributed by atoms with Gasteiger partial charge >= 0.3 is 12.1 Å². The predicted octanol–water partition coefficient (Wildman–Crippen LogP) is 1.59. The number of furan rings is 1. The molecule has 1 aromatic heterocycles. The third-order valence-electron chi connectivity index (χ3n) is 3.79. The number of hydrogen-bond donors (Lipinski definition) is 1. The molecule has 0 aromatic carbocycles. The maximum absolute atomic E-state index is 12.4. The molecule has 1 aromatic rings. The number of esters is 1. The van der Waals surface area contributed by atoms with Gasteiger partial charge in [-0.05, 0) is 25.0 Å². The standard InChI is InChI=1S/C14H17NO6/c1-19-12(17)14(7-3-6-10(14)16)11(15-13(18)20-2)9-5-4-8-21-9/h4-5,8,11H,3,6-7H2,1-2H3,(H,15,18)/t11-,14+/m1/s1. The van der Waals surface area contributed by atoms with Crippen molar-refractivity contribution >= 4 is 17.8 Å². The number of methoxy groups -OCH3 is 2. The van der Waals surface area contributed by atoms with Crippen LogP contribution in [0.5, 0.6) is 0 Å². The molecule has 1 N–H and O–H groups in total. The molecule has 0 bridgehead atoms. The molecule has 2 atom stereocenters. The number of alkyl carbamates (subject to hydrolysis) is 1. The number of ether oxygens (including phenoxy) is 2. The lowest BCUT2D eigenvalue weighted by atomic mass is 9.76. The van der Waals surface area contributed by atoms with Crippen LogP contribution in [0.4, 0.5) is 4.79 Å². The van der Waals surface area contributed by atoms with Gasteiger partial charge in [0.15, 0.2) is 11.2 Å². The van der Waals surface area contributed by atoms with Crippen molar-refractivity contribution in [1.82, 2.24) is 5.32 Å². The number of rotatable bonds is 4. The summed E-state index contributed by atoms with van der Waals surface area (Å²) in [5.74, 6) is -0.643. The van der Waals surface area contributed by atoms with E-state index < -0.39 is 23.5 Å². The minimum Gasteiger partial charge on any atom is -0.468 e. The average Bonchev–Trinajstić information content (AvgIpc) is 3.14. The van der Waals surface area contributed by atoms with Crippen LogP contribution in [0.2, 0.25) is 0 Å². The second-order valence-electron chi connectivity index (χ2n) is 4.82. The van der Waals surface area contributed by atoms with Crippen LogP contribution in [0.15, 0.2) is 22.8 Å². The molecule has 0 saturated heterocycles. The Hall–Kier alpha value is -2.31. The number of ketones is 1. The molecule has 1 fully saturated rings. The molecular formula is C14H17NO6. The molecule has 114 valence electrons. The monoisotopic (exact) mass is 295 g/mol. The van der Waals surface area contributed by atoms with Crippen molar-refractivity contribution in [1.29, 1.82) is 0 Å². The van der Waals surface area contributed by atoms with Crippen molar-refractivity contribution in [3.63, 3.8) is 0 Å². The van der Waals surface area contributed by atoms with E-state index in [0.717, 1.165) is 0 Å². The van der Waals surface area contributed by atoms with Gasteiger partial charge in [-0.3, -0.25) is 9.59 Å². The van der Waals surface area contributed by atoms with Crippen LogP contribution in [0.1, 0.15) is 31.1 Å². The second kappa shape index (κ2) is 5.99. The zero-order valence-electron chi connectivity index (χ0n) is 11.9. The Balaban J connectivity index is 2.47. The van der Waals surface area contributed by atoms with Gasteiger partial charge in [-0.1, -0.05) is 0 Å². The van der Waals surface area contributed by atoms with Gasteiger partial charge in [0.1, 0.15) is 11.8 Å². The van der Waals surface area contributed by atoms with E-state index in [1.54, 1.807) is 12.1 Å². The van der Waals surface area contributed by atoms with Gasteiger partial charge in [0.05, 0.1) is 20.5 Å². The van der Waals surface area contributed by atoms with Crippen molar-refractivity contribution < 1.29 is 28.3 Å². The Morgan fingerprint density at radius 2 is 2.14 bits per heavy atom. The molecule has 7 nitrogen and oxygen atoms in total. The second-order valence-corrected chi connectivity index (χ2v) is 4.82. The lowest BCUT2D eigenvalue weighted by molar-refractivity contribution is -0.159. The van der Waals surface area contributed by atoms with Gasteiger partial charge in [-0.2, -0.15) is 0 Å². The fourth-order valence-electron chi connectivity index (χ4n) is 2.78. The maximum atomic E-state index is 12.4. The fraction of sp³-hybridized carbons (Fsp3) is 0.500. The highest BCUT2D eigenvalue weighted by Crippen LogP contribution is 2.46. The molecule has 1 aliphatic rings. The van der Waals surface area contributed by atoms with Gasteiger partial charge < -0.3 is 19.2 Å². The summed E-state index contributed by atoms with van der Waals surface area (Å²) in [5.41, 5.74) is -1.47. The van der Waals surface area contributed by atoms with Gasteiger partial charge in [-0.25, -0.2) is 4.79 Å². The summed E-state index contributed by atoms with van der Waals surface area (Å²) in [6.07, 6.45) is 1.75. The summed E-state index contributed by atoms with van der Waals surface area (Å²) in [6.45, 7) is 0. The van der Waals surface area contributed by atoms with E-state index in [0.29, 0.717) is 12.2 Å². The molecule has 0 spiro atoms. The molecule has 7 heteroatoms. The first-order valence-electron chi connectivity index (χ1n) is 6.56.